The summed E-state index contributed by atoms with van der Waals surface area (Å²) in [4.78, 5) is 17.4. The third-order valence-corrected chi connectivity index (χ3v) is 8.38. The lowest BCUT2D eigenvalue weighted by Gasteiger charge is -2.37. The minimum absolute atomic E-state index is 0.165. The molecule has 35 heavy (non-hydrogen) atoms. The van der Waals surface area contributed by atoms with Crippen molar-refractivity contribution in [2.75, 3.05) is 41.9 Å². The molecule has 184 valence electrons. The highest BCUT2D eigenvalue weighted by Crippen LogP contribution is 2.27. The van der Waals surface area contributed by atoms with Crippen molar-refractivity contribution in [2.45, 2.75) is 25.7 Å². The van der Waals surface area contributed by atoms with Crippen LogP contribution in [0.25, 0.3) is 0 Å². The largest absolute Gasteiger partial charge is 0.368 e. The molecule has 8 heteroatoms. The van der Waals surface area contributed by atoms with Crippen molar-refractivity contribution in [3.63, 3.8) is 0 Å². The lowest BCUT2D eigenvalue weighted by Crippen LogP contribution is -2.52. The van der Waals surface area contributed by atoms with Gasteiger partial charge in [-0.1, -0.05) is 53.1 Å². The average Bonchev–Trinajstić information content (AvgIpc) is 2.85. The molecule has 1 aliphatic heterocycles. The van der Waals surface area contributed by atoms with Crippen molar-refractivity contribution in [3.05, 3.63) is 88.4 Å². The summed E-state index contributed by atoms with van der Waals surface area (Å²) in [6.45, 7) is 7.96. The van der Waals surface area contributed by atoms with E-state index in [9.17, 15) is 13.2 Å². The van der Waals surface area contributed by atoms with Crippen LogP contribution in [0, 0.1) is 20.8 Å². The Balaban J connectivity index is 1.53. The Labute approximate surface area is 212 Å². The molecule has 0 N–H and O–H groups in total. The van der Waals surface area contributed by atoms with E-state index in [0.29, 0.717) is 36.9 Å². The molecular formula is C27H30ClN3O3S. The molecule has 1 amide bonds. The second-order valence-corrected chi connectivity index (χ2v) is 11.3. The topological polar surface area (TPSA) is 60.9 Å². The summed E-state index contributed by atoms with van der Waals surface area (Å²) in [5.74, 6) is -0.219. The number of sulfonamides is 1. The molecule has 0 unspecified atom stereocenters. The number of amides is 1. The molecule has 0 saturated carbocycles. The number of piperazine rings is 1. The second-order valence-electron chi connectivity index (χ2n) is 8.96. The van der Waals surface area contributed by atoms with Crippen molar-refractivity contribution in [2.24, 2.45) is 0 Å². The van der Waals surface area contributed by atoms with Gasteiger partial charge in [0.2, 0.25) is 5.91 Å². The summed E-state index contributed by atoms with van der Waals surface area (Å²) in [5, 5.41) is 0.680. The molecule has 4 rings (SSSR count). The van der Waals surface area contributed by atoms with Crippen LogP contribution >= 0.6 is 11.6 Å². The van der Waals surface area contributed by atoms with Gasteiger partial charge in [-0.2, -0.15) is 0 Å². The normalized spacial score (nSPS) is 14.2. The Morgan fingerprint density at radius 3 is 2.03 bits per heavy atom. The van der Waals surface area contributed by atoms with Crippen LogP contribution in [0.15, 0.2) is 71.6 Å². The van der Waals surface area contributed by atoms with Crippen LogP contribution in [0.2, 0.25) is 5.02 Å². The van der Waals surface area contributed by atoms with Crippen molar-refractivity contribution in [1.82, 2.24) is 4.90 Å². The van der Waals surface area contributed by atoms with E-state index in [4.69, 9.17) is 11.6 Å². The summed E-state index contributed by atoms with van der Waals surface area (Å²) < 4.78 is 28.4. The molecular weight excluding hydrogens is 482 g/mol. The first-order valence-corrected chi connectivity index (χ1v) is 13.4. The van der Waals surface area contributed by atoms with Gasteiger partial charge in [0.15, 0.2) is 0 Å². The van der Waals surface area contributed by atoms with Crippen molar-refractivity contribution < 1.29 is 13.2 Å². The zero-order chi connectivity index (χ0) is 25.2. The first-order valence-electron chi connectivity index (χ1n) is 11.6. The minimum Gasteiger partial charge on any atom is -0.368 e. The molecule has 6 nitrogen and oxygen atoms in total. The molecule has 0 atom stereocenters. The van der Waals surface area contributed by atoms with Crippen LogP contribution in [0.5, 0.6) is 0 Å². The Morgan fingerprint density at radius 2 is 1.43 bits per heavy atom. The summed E-state index contributed by atoms with van der Waals surface area (Å²) in [6, 6.07) is 19.7. The Bertz CT molecular complexity index is 1300. The average molecular weight is 512 g/mol. The van der Waals surface area contributed by atoms with Gasteiger partial charge in [-0.3, -0.25) is 9.10 Å². The SMILES string of the molecule is Cc1ccc(N(CC(=O)N2CCN(c3cc(Cl)ccc3C)CC2)S(=O)(=O)c2ccc(C)cc2)cc1. The first-order chi connectivity index (χ1) is 16.6. The lowest BCUT2D eigenvalue weighted by atomic mass is 10.1. The van der Waals surface area contributed by atoms with Gasteiger partial charge in [0.05, 0.1) is 10.6 Å². The zero-order valence-electron chi connectivity index (χ0n) is 20.2. The quantitative estimate of drug-likeness (QED) is 0.476. The van der Waals surface area contributed by atoms with Gasteiger partial charge in [0, 0.05) is 36.9 Å². The molecule has 0 radical (unpaired) electrons. The van der Waals surface area contributed by atoms with Gasteiger partial charge in [-0.25, -0.2) is 8.42 Å². The van der Waals surface area contributed by atoms with Gasteiger partial charge in [0.1, 0.15) is 6.54 Å². The summed E-state index contributed by atoms with van der Waals surface area (Å²) in [7, 11) is -3.92. The van der Waals surface area contributed by atoms with E-state index in [1.165, 1.54) is 4.31 Å². The number of rotatable bonds is 6. The highest BCUT2D eigenvalue weighted by Gasteiger charge is 2.30. The Hall–Kier alpha value is -3.03. The molecule has 0 aliphatic carbocycles. The smallest absolute Gasteiger partial charge is 0.264 e. The van der Waals surface area contributed by atoms with E-state index in [0.717, 1.165) is 22.4 Å². The summed E-state index contributed by atoms with van der Waals surface area (Å²) in [6.07, 6.45) is 0. The molecule has 1 aliphatic rings. The molecule has 1 heterocycles. The van der Waals surface area contributed by atoms with E-state index in [1.54, 1.807) is 41.3 Å². The fourth-order valence-electron chi connectivity index (χ4n) is 4.21. The van der Waals surface area contributed by atoms with Crippen LogP contribution in [-0.2, 0) is 14.8 Å². The Kier molecular flexibility index (Phi) is 7.38. The molecule has 3 aromatic rings. The van der Waals surface area contributed by atoms with E-state index in [-0.39, 0.29) is 17.3 Å². The van der Waals surface area contributed by atoms with E-state index in [1.807, 2.05) is 51.1 Å². The molecule has 1 saturated heterocycles. The second kappa shape index (κ2) is 10.3. The number of anilines is 2. The van der Waals surface area contributed by atoms with Crippen LogP contribution in [0.3, 0.4) is 0 Å². The minimum atomic E-state index is -3.92. The van der Waals surface area contributed by atoms with E-state index < -0.39 is 10.0 Å². The standard InChI is InChI=1S/C27H30ClN3O3S/c1-20-4-10-24(11-5-20)31(35(33,34)25-12-6-21(2)7-13-25)19-27(32)30-16-14-29(15-17-30)26-18-23(28)9-8-22(26)3/h4-13,18H,14-17,19H2,1-3H3. The predicted octanol–water partition coefficient (Wildman–Crippen LogP) is 4.81. The van der Waals surface area contributed by atoms with Crippen molar-refractivity contribution in [3.8, 4) is 0 Å². The maximum Gasteiger partial charge on any atom is 0.264 e. The highest BCUT2D eigenvalue weighted by molar-refractivity contribution is 7.92. The predicted molar refractivity (Wildman–Crippen MR) is 142 cm³/mol. The van der Waals surface area contributed by atoms with Gasteiger partial charge in [-0.05, 0) is 62.7 Å². The van der Waals surface area contributed by atoms with Gasteiger partial charge < -0.3 is 9.80 Å². The fourth-order valence-corrected chi connectivity index (χ4v) is 5.79. The molecule has 0 aromatic heterocycles. The van der Waals surface area contributed by atoms with Crippen molar-refractivity contribution in [1.29, 1.82) is 0 Å². The number of benzene rings is 3. The fraction of sp³-hybridized carbons (Fsp3) is 0.296. The van der Waals surface area contributed by atoms with Gasteiger partial charge >= 0.3 is 0 Å². The lowest BCUT2D eigenvalue weighted by molar-refractivity contribution is -0.129. The van der Waals surface area contributed by atoms with E-state index in [2.05, 4.69) is 4.90 Å². The molecule has 0 spiro atoms. The van der Waals surface area contributed by atoms with E-state index >= 15 is 0 Å². The number of nitrogens with zero attached hydrogens (tertiary/aromatic N) is 3. The van der Waals surface area contributed by atoms with Gasteiger partial charge in [-0.15, -0.1) is 0 Å². The highest BCUT2D eigenvalue weighted by atomic mass is 35.5. The monoisotopic (exact) mass is 511 g/mol. The third-order valence-electron chi connectivity index (χ3n) is 6.35. The number of halogens is 1. The summed E-state index contributed by atoms with van der Waals surface area (Å²) >= 11 is 6.19. The number of carbonyl (C=O) groups is 1. The number of hydrogen-bond donors (Lipinski definition) is 0. The van der Waals surface area contributed by atoms with Crippen molar-refractivity contribution >= 4 is 38.9 Å². The first kappa shape index (κ1) is 25.1. The molecule has 3 aromatic carbocycles. The summed E-state index contributed by atoms with van der Waals surface area (Å²) in [5.41, 5.74) is 4.64. The van der Waals surface area contributed by atoms with Crippen LogP contribution in [-0.4, -0.2) is 51.9 Å². The number of carbonyl (C=O) groups excluding carboxylic acids is 1. The van der Waals surface area contributed by atoms with Crippen LogP contribution < -0.4 is 9.21 Å². The Morgan fingerprint density at radius 1 is 0.857 bits per heavy atom. The maximum absolute atomic E-state index is 13.6. The zero-order valence-corrected chi connectivity index (χ0v) is 21.8. The molecule has 1 fully saturated rings. The number of hydrogen-bond acceptors (Lipinski definition) is 4. The molecule has 0 bridgehead atoms. The van der Waals surface area contributed by atoms with Crippen LogP contribution in [0.4, 0.5) is 11.4 Å². The third kappa shape index (κ3) is 5.63. The number of aryl methyl sites for hydroxylation is 3. The maximum atomic E-state index is 13.6. The van der Waals surface area contributed by atoms with Crippen LogP contribution in [0.1, 0.15) is 16.7 Å². The van der Waals surface area contributed by atoms with Gasteiger partial charge in [0.25, 0.3) is 10.0 Å².